The standard InChI is InChI=1S/C10H16N2O7.Na/c11-5(9(15)16)1-3-7(13)19-8(14)4-2-6(12)10(17)18;/h5-6H,1-4,11-12H2,(H,15,16)(H,17,18);/q;+1/p-1/t5-,6-;/m0./s1. The molecule has 0 amide bonds. The first-order valence-corrected chi connectivity index (χ1v) is 5.42. The number of carbonyl (C=O) groups excluding carboxylic acids is 3. The largest absolute Gasteiger partial charge is 1.00 e. The van der Waals surface area contributed by atoms with E-state index in [1.807, 2.05) is 0 Å². The number of esters is 2. The van der Waals surface area contributed by atoms with Crippen LogP contribution < -0.4 is 46.1 Å². The van der Waals surface area contributed by atoms with E-state index in [4.69, 9.17) is 16.6 Å². The summed E-state index contributed by atoms with van der Waals surface area (Å²) < 4.78 is 4.32. The topological polar surface area (TPSA) is 173 Å². The number of carbonyl (C=O) groups is 4. The maximum absolute atomic E-state index is 11.1. The van der Waals surface area contributed by atoms with Gasteiger partial charge in [0.2, 0.25) is 0 Å². The van der Waals surface area contributed by atoms with Crippen molar-refractivity contribution in [3.8, 4) is 0 Å². The molecule has 10 heteroatoms. The van der Waals surface area contributed by atoms with E-state index in [0.29, 0.717) is 0 Å². The van der Waals surface area contributed by atoms with Crippen molar-refractivity contribution in [1.82, 2.24) is 0 Å². The molecule has 0 aromatic heterocycles. The molecule has 0 aliphatic heterocycles. The summed E-state index contributed by atoms with van der Waals surface area (Å²) in [5, 5.41) is 18.7. The van der Waals surface area contributed by atoms with Gasteiger partial charge in [-0.25, -0.2) is 0 Å². The van der Waals surface area contributed by atoms with Gasteiger partial charge in [0.25, 0.3) is 0 Å². The van der Waals surface area contributed by atoms with Gasteiger partial charge in [0, 0.05) is 18.9 Å². The average Bonchev–Trinajstić information content (AvgIpc) is 2.32. The molecule has 5 N–H and O–H groups in total. The van der Waals surface area contributed by atoms with Crippen molar-refractivity contribution in [1.29, 1.82) is 0 Å². The Morgan fingerprint density at radius 2 is 1.40 bits per heavy atom. The van der Waals surface area contributed by atoms with E-state index in [2.05, 4.69) is 4.74 Å². The van der Waals surface area contributed by atoms with Crippen LogP contribution in [0.25, 0.3) is 0 Å². The van der Waals surface area contributed by atoms with Crippen LogP contribution >= 0.6 is 0 Å². The van der Waals surface area contributed by atoms with Crippen LogP contribution in [0.4, 0.5) is 0 Å². The summed E-state index contributed by atoms with van der Waals surface area (Å²) in [5.74, 6) is -4.64. The van der Waals surface area contributed by atoms with Gasteiger partial charge in [0.05, 0.1) is 5.97 Å². The predicted molar refractivity (Wildman–Crippen MR) is 58.2 cm³/mol. The molecule has 20 heavy (non-hydrogen) atoms. The van der Waals surface area contributed by atoms with Gasteiger partial charge >= 0.3 is 47.5 Å². The number of hydrogen-bond donors (Lipinski definition) is 3. The number of carboxylic acids is 2. The molecule has 0 aliphatic carbocycles. The molecule has 0 aliphatic rings. The van der Waals surface area contributed by atoms with E-state index in [9.17, 15) is 24.3 Å². The van der Waals surface area contributed by atoms with Crippen LogP contribution in [0.15, 0.2) is 0 Å². The average molecular weight is 298 g/mol. The minimum atomic E-state index is -1.51. The van der Waals surface area contributed by atoms with Crippen LogP contribution in [0.2, 0.25) is 0 Å². The zero-order valence-corrected chi connectivity index (χ0v) is 13.0. The van der Waals surface area contributed by atoms with Gasteiger partial charge in [-0.15, -0.1) is 0 Å². The Bertz CT molecular complexity index is 341. The van der Waals surface area contributed by atoms with Crippen molar-refractivity contribution < 1.29 is 63.7 Å². The number of nitrogens with two attached hydrogens (primary N) is 2. The molecular formula is C10H15N2NaO7. The molecule has 2 atom stereocenters. The Hall–Kier alpha value is -1.00. The Labute approximate surface area is 136 Å². The van der Waals surface area contributed by atoms with Crippen LogP contribution in [0.3, 0.4) is 0 Å². The van der Waals surface area contributed by atoms with Gasteiger partial charge in [0.1, 0.15) is 6.04 Å². The minimum absolute atomic E-state index is 0. The van der Waals surface area contributed by atoms with E-state index in [-0.39, 0.29) is 55.2 Å². The monoisotopic (exact) mass is 298 g/mol. The number of hydrogen-bond acceptors (Lipinski definition) is 8. The second kappa shape index (κ2) is 10.7. The van der Waals surface area contributed by atoms with Crippen LogP contribution in [0.5, 0.6) is 0 Å². The maximum Gasteiger partial charge on any atom is 1.00 e. The zero-order valence-electron chi connectivity index (χ0n) is 11.0. The number of aliphatic carboxylic acids is 2. The van der Waals surface area contributed by atoms with Crippen LogP contribution in [0.1, 0.15) is 25.7 Å². The fraction of sp³-hybridized carbons (Fsp3) is 0.600. The summed E-state index contributed by atoms with van der Waals surface area (Å²) in [6, 6.07) is -2.53. The third-order valence-corrected chi connectivity index (χ3v) is 2.17. The molecule has 0 heterocycles. The molecule has 0 unspecified atom stereocenters. The Kier molecular flexibility index (Phi) is 11.4. The van der Waals surface area contributed by atoms with Gasteiger partial charge in [-0.1, -0.05) is 0 Å². The van der Waals surface area contributed by atoms with Crippen molar-refractivity contribution in [2.45, 2.75) is 37.8 Å². The third kappa shape index (κ3) is 9.87. The van der Waals surface area contributed by atoms with Crippen LogP contribution in [0, 0.1) is 0 Å². The van der Waals surface area contributed by atoms with Gasteiger partial charge in [0.15, 0.2) is 0 Å². The zero-order chi connectivity index (χ0) is 15.0. The summed E-state index contributed by atoms with van der Waals surface area (Å²) in [7, 11) is 0. The number of carboxylic acid groups (broad SMARTS) is 2. The Morgan fingerprint density at radius 1 is 1.00 bits per heavy atom. The van der Waals surface area contributed by atoms with Crippen molar-refractivity contribution in [3.63, 3.8) is 0 Å². The van der Waals surface area contributed by atoms with Gasteiger partial charge in [-0.2, -0.15) is 0 Å². The van der Waals surface area contributed by atoms with E-state index in [1.54, 1.807) is 0 Å². The van der Waals surface area contributed by atoms with Crippen molar-refractivity contribution in [2.75, 3.05) is 0 Å². The van der Waals surface area contributed by atoms with E-state index in [0.717, 1.165) is 0 Å². The molecule has 0 bridgehead atoms. The minimum Gasteiger partial charge on any atom is -0.548 e. The van der Waals surface area contributed by atoms with Gasteiger partial charge in [-0.05, 0) is 12.8 Å². The van der Waals surface area contributed by atoms with Crippen molar-refractivity contribution in [2.24, 2.45) is 11.5 Å². The first-order valence-electron chi connectivity index (χ1n) is 5.42. The molecule has 0 rings (SSSR count). The molecule has 0 aromatic rings. The summed E-state index contributed by atoms with van der Waals surface area (Å²) in [5.41, 5.74) is 10.2. The molecule has 0 saturated carbocycles. The predicted octanol–water partition coefficient (Wildman–Crippen LogP) is -5.89. The van der Waals surface area contributed by atoms with Gasteiger partial charge in [-0.3, -0.25) is 14.4 Å². The maximum atomic E-state index is 11.1. The fourth-order valence-electron chi connectivity index (χ4n) is 1.02. The molecule has 108 valence electrons. The number of ether oxygens (including phenoxy) is 1. The van der Waals surface area contributed by atoms with Gasteiger partial charge < -0.3 is 31.2 Å². The van der Waals surface area contributed by atoms with E-state index >= 15 is 0 Å². The molecule has 0 spiro atoms. The summed E-state index contributed by atoms with van der Waals surface area (Å²) >= 11 is 0. The second-order valence-corrected chi connectivity index (χ2v) is 3.79. The summed E-state index contributed by atoms with van der Waals surface area (Å²) in [4.78, 5) is 42.8. The Balaban J connectivity index is 0. The molecule has 0 saturated heterocycles. The molecular weight excluding hydrogens is 283 g/mol. The molecule has 9 nitrogen and oxygen atoms in total. The first kappa shape index (κ1) is 21.3. The smallest absolute Gasteiger partial charge is 0.548 e. The van der Waals surface area contributed by atoms with Crippen LogP contribution in [-0.2, 0) is 23.9 Å². The second-order valence-electron chi connectivity index (χ2n) is 3.79. The Morgan fingerprint density at radius 3 is 1.75 bits per heavy atom. The molecule has 0 aromatic carbocycles. The molecule has 0 fully saturated rings. The SMILES string of the molecule is N[C@@H](CCC(=O)OC(=O)CC[C@H](N)C(=O)O)C(=O)[O-].[Na+]. The molecule has 0 radical (unpaired) electrons. The van der Waals surface area contributed by atoms with Crippen molar-refractivity contribution in [3.05, 3.63) is 0 Å². The summed E-state index contributed by atoms with van der Waals surface area (Å²) in [6.07, 6.45) is -1.07. The van der Waals surface area contributed by atoms with Crippen molar-refractivity contribution >= 4 is 23.9 Å². The number of rotatable bonds is 8. The third-order valence-electron chi connectivity index (χ3n) is 2.17. The van der Waals surface area contributed by atoms with E-state index < -0.39 is 36.0 Å². The normalized spacial score (nSPS) is 12.7. The van der Waals surface area contributed by atoms with E-state index in [1.165, 1.54) is 0 Å². The quantitative estimate of drug-likeness (QED) is 0.224. The summed E-state index contributed by atoms with van der Waals surface area (Å²) in [6.45, 7) is 0. The first-order chi connectivity index (χ1) is 8.73. The van der Waals surface area contributed by atoms with Crippen LogP contribution in [-0.4, -0.2) is 41.1 Å². The fourth-order valence-corrected chi connectivity index (χ4v) is 1.02.